The van der Waals surface area contributed by atoms with Gasteiger partial charge < -0.3 is 5.32 Å². The van der Waals surface area contributed by atoms with Gasteiger partial charge in [-0.25, -0.2) is 4.98 Å². The number of aromatic nitrogens is 3. The summed E-state index contributed by atoms with van der Waals surface area (Å²) in [4.78, 5) is 16.3. The third kappa shape index (κ3) is 2.73. The van der Waals surface area contributed by atoms with Crippen LogP contribution in [-0.4, -0.2) is 21.1 Å². The highest BCUT2D eigenvalue weighted by molar-refractivity contribution is 6.34. The molecule has 2 N–H and O–H groups in total. The van der Waals surface area contributed by atoms with E-state index in [1.165, 1.54) is 0 Å². The van der Waals surface area contributed by atoms with Crippen LogP contribution < -0.4 is 5.32 Å². The first kappa shape index (κ1) is 13.6. The van der Waals surface area contributed by atoms with Crippen molar-refractivity contribution in [2.45, 2.75) is 13.5 Å². The highest BCUT2D eigenvalue weighted by Gasteiger charge is 2.11. The van der Waals surface area contributed by atoms with E-state index >= 15 is 0 Å². The van der Waals surface area contributed by atoms with Gasteiger partial charge in [-0.3, -0.25) is 9.89 Å². The maximum atomic E-state index is 12.2. The fourth-order valence-corrected chi connectivity index (χ4v) is 2.36. The predicted molar refractivity (Wildman–Crippen MR) is 81.2 cm³/mol. The lowest BCUT2D eigenvalue weighted by atomic mass is 10.1. The zero-order valence-electron chi connectivity index (χ0n) is 11.4. The lowest BCUT2D eigenvalue weighted by molar-refractivity contribution is 0.0946. The number of fused-ring (bicyclic) bond motifs is 1. The van der Waals surface area contributed by atoms with Gasteiger partial charge in [-0.1, -0.05) is 35.9 Å². The molecule has 3 rings (SSSR count). The number of nitrogens with zero attached hydrogens (tertiary/aromatic N) is 2. The minimum absolute atomic E-state index is 0.261. The number of aryl methyl sites for hydroxylation is 1. The molecular weight excluding hydrogens is 288 g/mol. The number of benzene rings is 1. The van der Waals surface area contributed by atoms with Gasteiger partial charge in [0.15, 0.2) is 0 Å². The second-order valence-corrected chi connectivity index (χ2v) is 5.08. The summed E-state index contributed by atoms with van der Waals surface area (Å²) in [6.07, 6.45) is 1.69. The number of hydrogen-bond acceptors (Lipinski definition) is 3. The van der Waals surface area contributed by atoms with Gasteiger partial charge in [-0.2, -0.15) is 5.10 Å². The van der Waals surface area contributed by atoms with Crippen molar-refractivity contribution >= 4 is 28.3 Å². The molecule has 0 bridgehead atoms. The second kappa shape index (κ2) is 5.54. The third-order valence-corrected chi connectivity index (χ3v) is 3.59. The summed E-state index contributed by atoms with van der Waals surface area (Å²) in [5.41, 5.74) is 2.18. The first-order chi connectivity index (χ1) is 10.1. The summed E-state index contributed by atoms with van der Waals surface area (Å²) in [5.74, 6) is -0.261. The number of halogens is 1. The zero-order chi connectivity index (χ0) is 14.8. The van der Waals surface area contributed by atoms with Gasteiger partial charge >= 0.3 is 0 Å². The second-order valence-electron chi connectivity index (χ2n) is 4.72. The number of amides is 1. The van der Waals surface area contributed by atoms with Crippen LogP contribution in [-0.2, 0) is 6.54 Å². The van der Waals surface area contributed by atoms with E-state index in [0.29, 0.717) is 17.4 Å². The van der Waals surface area contributed by atoms with Gasteiger partial charge in [0.2, 0.25) is 0 Å². The van der Waals surface area contributed by atoms with Crippen molar-refractivity contribution in [2.24, 2.45) is 0 Å². The van der Waals surface area contributed by atoms with E-state index in [-0.39, 0.29) is 5.91 Å². The molecule has 0 aliphatic heterocycles. The molecule has 2 aromatic heterocycles. The van der Waals surface area contributed by atoms with Crippen LogP contribution in [0.15, 0.2) is 36.5 Å². The number of aromatic amines is 1. The summed E-state index contributed by atoms with van der Waals surface area (Å²) in [5, 5.41) is 11.6. The molecule has 21 heavy (non-hydrogen) atoms. The number of H-pyrrole nitrogens is 1. The van der Waals surface area contributed by atoms with Crippen LogP contribution in [0.25, 0.3) is 10.8 Å². The maximum Gasteiger partial charge on any atom is 0.270 e. The minimum Gasteiger partial charge on any atom is -0.346 e. The number of rotatable bonds is 3. The lowest BCUT2D eigenvalue weighted by Crippen LogP contribution is -2.24. The Morgan fingerprint density at radius 1 is 1.38 bits per heavy atom. The van der Waals surface area contributed by atoms with E-state index in [0.717, 1.165) is 22.0 Å². The van der Waals surface area contributed by atoms with Crippen LogP contribution in [0.1, 0.15) is 21.7 Å². The van der Waals surface area contributed by atoms with Crippen LogP contribution in [0.3, 0.4) is 0 Å². The average Bonchev–Trinajstić information content (AvgIpc) is 2.90. The summed E-state index contributed by atoms with van der Waals surface area (Å²) in [7, 11) is 0. The van der Waals surface area contributed by atoms with E-state index < -0.39 is 0 Å². The van der Waals surface area contributed by atoms with Crippen molar-refractivity contribution in [3.8, 4) is 0 Å². The maximum absolute atomic E-state index is 12.2. The van der Waals surface area contributed by atoms with Gasteiger partial charge in [-0.05, 0) is 18.4 Å². The Morgan fingerprint density at radius 2 is 2.19 bits per heavy atom. The van der Waals surface area contributed by atoms with E-state index in [2.05, 4.69) is 20.5 Å². The number of pyridine rings is 1. The van der Waals surface area contributed by atoms with E-state index in [9.17, 15) is 4.79 Å². The topological polar surface area (TPSA) is 70.7 Å². The van der Waals surface area contributed by atoms with Crippen molar-refractivity contribution in [1.82, 2.24) is 20.5 Å². The Hall–Kier alpha value is -2.40. The number of carbonyl (C=O) groups is 1. The third-order valence-electron chi connectivity index (χ3n) is 3.30. The molecule has 0 saturated heterocycles. The van der Waals surface area contributed by atoms with Gasteiger partial charge in [-0.15, -0.1) is 0 Å². The molecule has 2 heterocycles. The van der Waals surface area contributed by atoms with E-state index in [4.69, 9.17) is 11.6 Å². The first-order valence-corrected chi connectivity index (χ1v) is 6.85. The summed E-state index contributed by atoms with van der Waals surface area (Å²) in [6.45, 7) is 2.30. The monoisotopic (exact) mass is 300 g/mol. The molecule has 0 fully saturated rings. The first-order valence-electron chi connectivity index (χ1n) is 6.47. The van der Waals surface area contributed by atoms with Gasteiger partial charge in [0.25, 0.3) is 5.91 Å². The predicted octanol–water partition coefficient (Wildman–Crippen LogP) is 2.85. The van der Waals surface area contributed by atoms with Crippen LogP contribution in [0.2, 0.25) is 5.15 Å². The van der Waals surface area contributed by atoms with Gasteiger partial charge in [0, 0.05) is 23.2 Å². The number of nitrogens with one attached hydrogen (secondary N) is 2. The highest BCUT2D eigenvalue weighted by atomic mass is 35.5. The average molecular weight is 301 g/mol. The summed E-state index contributed by atoms with van der Waals surface area (Å²) in [6, 6.07) is 9.30. The molecule has 0 radical (unpaired) electrons. The Balaban J connectivity index is 1.83. The Kier molecular flexibility index (Phi) is 3.58. The lowest BCUT2D eigenvalue weighted by Gasteiger charge is -2.06. The molecule has 0 aliphatic carbocycles. The SMILES string of the molecule is Cc1[nH]ncc1CNC(=O)c1cc2ccccc2c(Cl)n1. The Labute approximate surface area is 126 Å². The molecule has 0 atom stereocenters. The molecule has 3 aromatic rings. The smallest absolute Gasteiger partial charge is 0.270 e. The molecule has 5 nitrogen and oxygen atoms in total. The zero-order valence-corrected chi connectivity index (χ0v) is 12.1. The van der Waals surface area contributed by atoms with Gasteiger partial charge in [0.05, 0.1) is 6.20 Å². The van der Waals surface area contributed by atoms with Gasteiger partial charge in [0.1, 0.15) is 10.8 Å². The number of carbonyl (C=O) groups excluding carboxylic acids is 1. The van der Waals surface area contributed by atoms with Crippen molar-refractivity contribution < 1.29 is 4.79 Å². The quantitative estimate of drug-likeness (QED) is 0.731. The van der Waals surface area contributed by atoms with Crippen LogP contribution in [0.4, 0.5) is 0 Å². The van der Waals surface area contributed by atoms with E-state index in [1.807, 2.05) is 31.2 Å². The summed E-state index contributed by atoms with van der Waals surface area (Å²) < 4.78 is 0. The molecule has 0 aliphatic rings. The van der Waals surface area contributed by atoms with Crippen molar-refractivity contribution in [2.75, 3.05) is 0 Å². The molecule has 1 aromatic carbocycles. The standard InChI is InChI=1S/C15H13ClN4O/c1-9-11(8-18-20-9)7-17-15(21)13-6-10-4-2-3-5-12(10)14(16)19-13/h2-6,8H,7H2,1H3,(H,17,21)(H,18,20). The molecule has 0 spiro atoms. The molecule has 1 amide bonds. The fourth-order valence-electron chi connectivity index (χ4n) is 2.09. The Bertz CT molecular complexity index is 812. The molecular formula is C15H13ClN4O. The molecule has 106 valence electrons. The van der Waals surface area contributed by atoms with E-state index in [1.54, 1.807) is 12.3 Å². The van der Waals surface area contributed by atoms with Crippen molar-refractivity contribution in [3.05, 3.63) is 58.6 Å². The number of hydrogen-bond donors (Lipinski definition) is 2. The van der Waals surface area contributed by atoms with Crippen molar-refractivity contribution in [3.63, 3.8) is 0 Å². The Morgan fingerprint density at radius 3 is 2.95 bits per heavy atom. The largest absolute Gasteiger partial charge is 0.346 e. The van der Waals surface area contributed by atoms with Crippen LogP contribution >= 0.6 is 11.6 Å². The van der Waals surface area contributed by atoms with Crippen LogP contribution in [0, 0.1) is 6.92 Å². The minimum atomic E-state index is -0.261. The molecule has 0 saturated carbocycles. The molecule has 0 unspecified atom stereocenters. The van der Waals surface area contributed by atoms with Crippen molar-refractivity contribution in [1.29, 1.82) is 0 Å². The summed E-state index contributed by atoms with van der Waals surface area (Å²) >= 11 is 6.13. The van der Waals surface area contributed by atoms with Crippen LogP contribution in [0.5, 0.6) is 0 Å². The normalized spacial score (nSPS) is 10.8. The fraction of sp³-hybridized carbons (Fsp3) is 0.133. The highest BCUT2D eigenvalue weighted by Crippen LogP contribution is 2.22. The molecule has 6 heteroatoms.